The van der Waals surface area contributed by atoms with Gasteiger partial charge in [0, 0.05) is 11.6 Å². The third-order valence-electron chi connectivity index (χ3n) is 3.31. The van der Waals surface area contributed by atoms with Crippen molar-refractivity contribution < 1.29 is 9.18 Å². The van der Waals surface area contributed by atoms with Gasteiger partial charge in [0.15, 0.2) is 0 Å². The number of aryl methyl sites for hydroxylation is 1. The molecule has 1 amide bonds. The summed E-state index contributed by atoms with van der Waals surface area (Å²) in [5, 5.41) is 3.02. The van der Waals surface area contributed by atoms with E-state index in [-0.39, 0.29) is 23.7 Å². The lowest BCUT2D eigenvalue weighted by atomic mass is 10.1. The van der Waals surface area contributed by atoms with Crippen LogP contribution in [-0.2, 0) is 6.54 Å². The highest BCUT2D eigenvalue weighted by Gasteiger charge is 2.16. The number of nitrogen functional groups attached to an aromatic ring is 1. The quantitative estimate of drug-likeness (QED) is 0.771. The Labute approximate surface area is 131 Å². The number of carbonyl (C=O) groups excluding carboxylic acids is 1. The first-order valence-electron chi connectivity index (χ1n) is 6.96. The molecular weight excluding hydrogens is 297 g/mol. The molecule has 116 valence electrons. The number of benzene rings is 1. The van der Waals surface area contributed by atoms with E-state index >= 15 is 0 Å². The highest BCUT2D eigenvalue weighted by atomic mass is 19.1. The lowest BCUT2D eigenvalue weighted by molar-refractivity contribution is 0.0947. The largest absolute Gasteiger partial charge is 0.368 e. The van der Waals surface area contributed by atoms with Crippen molar-refractivity contribution in [3.05, 3.63) is 59.3 Å². The van der Waals surface area contributed by atoms with Crippen LogP contribution < -0.4 is 11.1 Å². The van der Waals surface area contributed by atoms with Crippen LogP contribution in [0.25, 0.3) is 10.9 Å². The van der Waals surface area contributed by atoms with Crippen LogP contribution in [-0.4, -0.2) is 20.9 Å². The van der Waals surface area contributed by atoms with Crippen LogP contribution in [0.1, 0.15) is 21.7 Å². The van der Waals surface area contributed by atoms with Gasteiger partial charge in [-0.2, -0.15) is 0 Å². The average molecular weight is 311 g/mol. The summed E-state index contributed by atoms with van der Waals surface area (Å²) in [7, 11) is 0. The van der Waals surface area contributed by atoms with Gasteiger partial charge in [0.05, 0.1) is 12.2 Å². The Morgan fingerprint density at radius 2 is 2.09 bits per heavy atom. The molecule has 23 heavy (non-hydrogen) atoms. The highest BCUT2D eigenvalue weighted by molar-refractivity contribution is 6.04. The predicted molar refractivity (Wildman–Crippen MR) is 84.1 cm³/mol. The van der Waals surface area contributed by atoms with Gasteiger partial charge in [-0.3, -0.25) is 9.78 Å². The van der Waals surface area contributed by atoms with Crippen LogP contribution >= 0.6 is 0 Å². The number of para-hydroxylation sites is 1. The summed E-state index contributed by atoms with van der Waals surface area (Å²) < 4.78 is 13.8. The molecule has 0 bridgehead atoms. The molecule has 0 spiro atoms. The van der Waals surface area contributed by atoms with Crippen molar-refractivity contribution in [2.24, 2.45) is 0 Å². The van der Waals surface area contributed by atoms with Crippen molar-refractivity contribution >= 4 is 22.8 Å². The van der Waals surface area contributed by atoms with Crippen LogP contribution in [0.3, 0.4) is 0 Å². The predicted octanol–water partition coefficient (Wildman–Crippen LogP) is 1.98. The molecule has 0 saturated heterocycles. The summed E-state index contributed by atoms with van der Waals surface area (Å²) in [5.74, 6) is -1.16. The fourth-order valence-corrected chi connectivity index (χ4v) is 2.17. The number of nitrogens with two attached hydrogens (primary N) is 1. The second-order valence-corrected chi connectivity index (χ2v) is 5.08. The van der Waals surface area contributed by atoms with Gasteiger partial charge in [-0.15, -0.1) is 0 Å². The Morgan fingerprint density at radius 3 is 2.83 bits per heavy atom. The average Bonchev–Trinajstić information content (AvgIpc) is 2.54. The molecule has 1 aromatic carbocycles. The van der Waals surface area contributed by atoms with Crippen molar-refractivity contribution in [2.45, 2.75) is 13.5 Å². The molecule has 0 aliphatic rings. The molecule has 0 saturated carbocycles. The summed E-state index contributed by atoms with van der Waals surface area (Å²) in [4.78, 5) is 24.3. The molecule has 0 atom stereocenters. The first-order valence-corrected chi connectivity index (χ1v) is 6.96. The third kappa shape index (κ3) is 3.08. The number of nitrogens with one attached hydrogen (secondary N) is 1. The van der Waals surface area contributed by atoms with E-state index in [1.165, 1.54) is 12.1 Å². The Morgan fingerprint density at radius 1 is 1.26 bits per heavy atom. The van der Waals surface area contributed by atoms with E-state index < -0.39 is 11.7 Å². The molecule has 3 aromatic rings. The van der Waals surface area contributed by atoms with Gasteiger partial charge in [-0.1, -0.05) is 18.2 Å². The van der Waals surface area contributed by atoms with Crippen molar-refractivity contribution in [2.75, 3.05) is 5.73 Å². The summed E-state index contributed by atoms with van der Waals surface area (Å²) in [6, 6.07) is 8.06. The number of anilines is 1. The van der Waals surface area contributed by atoms with Crippen LogP contribution in [0.4, 0.5) is 10.3 Å². The molecule has 3 rings (SSSR count). The summed E-state index contributed by atoms with van der Waals surface area (Å²) >= 11 is 0. The van der Waals surface area contributed by atoms with Gasteiger partial charge < -0.3 is 11.1 Å². The number of pyridine rings is 1. The van der Waals surface area contributed by atoms with Crippen molar-refractivity contribution in [3.63, 3.8) is 0 Å². The fourth-order valence-electron chi connectivity index (χ4n) is 2.17. The van der Waals surface area contributed by atoms with Gasteiger partial charge in [-0.25, -0.2) is 14.4 Å². The number of nitrogens with zero attached hydrogens (tertiary/aromatic N) is 3. The molecule has 0 radical (unpaired) electrons. The summed E-state index contributed by atoms with van der Waals surface area (Å²) in [5.41, 5.74) is 7.38. The van der Waals surface area contributed by atoms with Crippen LogP contribution in [0.2, 0.25) is 0 Å². The molecule has 7 heteroatoms. The number of hydrogen-bond donors (Lipinski definition) is 2. The number of amides is 1. The lowest BCUT2D eigenvalue weighted by Crippen LogP contribution is -2.25. The molecule has 0 aliphatic heterocycles. The number of aromatic nitrogens is 3. The van der Waals surface area contributed by atoms with E-state index in [4.69, 9.17) is 5.73 Å². The van der Waals surface area contributed by atoms with Crippen molar-refractivity contribution in [1.82, 2.24) is 20.3 Å². The minimum atomic E-state index is -0.550. The van der Waals surface area contributed by atoms with E-state index in [1.54, 1.807) is 12.3 Å². The van der Waals surface area contributed by atoms with E-state index in [0.29, 0.717) is 11.1 Å². The van der Waals surface area contributed by atoms with Gasteiger partial charge in [0.1, 0.15) is 17.0 Å². The zero-order valence-electron chi connectivity index (χ0n) is 12.4. The normalized spacial score (nSPS) is 10.7. The highest BCUT2D eigenvalue weighted by Crippen LogP contribution is 2.19. The second-order valence-electron chi connectivity index (χ2n) is 5.08. The van der Waals surface area contributed by atoms with Crippen LogP contribution in [0.15, 0.2) is 36.5 Å². The molecule has 0 aliphatic carbocycles. The van der Waals surface area contributed by atoms with Crippen molar-refractivity contribution in [3.8, 4) is 0 Å². The van der Waals surface area contributed by atoms with Gasteiger partial charge in [0.25, 0.3) is 5.91 Å². The third-order valence-corrected chi connectivity index (χ3v) is 3.31. The maximum Gasteiger partial charge on any atom is 0.271 e. The molecule has 2 aromatic heterocycles. The summed E-state index contributed by atoms with van der Waals surface area (Å²) in [6.07, 6.45) is 1.72. The zero-order chi connectivity index (χ0) is 16.4. The molecular formula is C16H14FN5O. The SMILES string of the molecule is Cc1ccc(CNC(=O)c2nc(N)nc3c(F)cccc23)nc1. The van der Waals surface area contributed by atoms with E-state index in [9.17, 15) is 9.18 Å². The van der Waals surface area contributed by atoms with Gasteiger partial charge >= 0.3 is 0 Å². The Kier molecular flexibility index (Phi) is 3.84. The lowest BCUT2D eigenvalue weighted by Gasteiger charge is -2.08. The van der Waals surface area contributed by atoms with E-state index in [0.717, 1.165) is 5.56 Å². The van der Waals surface area contributed by atoms with E-state index in [2.05, 4.69) is 20.3 Å². The fraction of sp³-hybridized carbons (Fsp3) is 0.125. The second kappa shape index (κ2) is 5.96. The van der Waals surface area contributed by atoms with Gasteiger partial charge in [0.2, 0.25) is 5.95 Å². The Balaban J connectivity index is 1.89. The summed E-state index contributed by atoms with van der Waals surface area (Å²) in [6.45, 7) is 2.17. The first kappa shape index (κ1) is 14.8. The minimum absolute atomic E-state index is 0.0265. The number of rotatable bonds is 3. The smallest absolute Gasteiger partial charge is 0.271 e. The van der Waals surface area contributed by atoms with Gasteiger partial charge in [-0.05, 0) is 24.6 Å². The zero-order valence-corrected chi connectivity index (χ0v) is 12.4. The minimum Gasteiger partial charge on any atom is -0.368 e. The monoisotopic (exact) mass is 311 g/mol. The van der Waals surface area contributed by atoms with Crippen LogP contribution in [0.5, 0.6) is 0 Å². The molecule has 6 nitrogen and oxygen atoms in total. The first-order chi connectivity index (χ1) is 11.0. The number of halogens is 1. The maximum atomic E-state index is 13.8. The Bertz CT molecular complexity index is 880. The number of hydrogen-bond acceptors (Lipinski definition) is 5. The topological polar surface area (TPSA) is 93.8 Å². The number of fused-ring (bicyclic) bond motifs is 1. The Hall–Kier alpha value is -3.09. The molecule has 2 heterocycles. The van der Waals surface area contributed by atoms with Crippen molar-refractivity contribution in [1.29, 1.82) is 0 Å². The maximum absolute atomic E-state index is 13.8. The standard InChI is InChI=1S/C16H14FN5O/c1-9-5-6-10(19-7-9)8-20-15(23)14-11-3-2-4-12(17)13(11)21-16(18)22-14/h2-7H,8H2,1H3,(H,20,23)(H2,18,21,22). The van der Waals surface area contributed by atoms with Crippen LogP contribution in [0, 0.1) is 12.7 Å². The number of carbonyl (C=O) groups is 1. The molecule has 0 fully saturated rings. The van der Waals surface area contributed by atoms with E-state index in [1.807, 2.05) is 19.1 Å². The molecule has 3 N–H and O–H groups in total. The molecule has 0 unspecified atom stereocenters.